The molecule has 2 N–H and O–H groups in total. The van der Waals surface area contributed by atoms with Crippen LogP contribution in [0.25, 0.3) is 0 Å². The SMILES string of the molecule is CCCCSC1=CC(=O)c2c(O)ccc(O)c2C1=O. The fourth-order valence-corrected chi connectivity index (χ4v) is 2.95. The standard InChI is InChI=1S/C14H14O4S/c1-2-3-6-19-11-7-10(17)12-8(15)4-5-9(16)13(12)14(11)18/h4-5,7,15-16H,2-3,6H2,1H3. The summed E-state index contributed by atoms with van der Waals surface area (Å²) in [4.78, 5) is 24.5. The smallest absolute Gasteiger partial charge is 0.204 e. The lowest BCUT2D eigenvalue weighted by Gasteiger charge is -2.16. The van der Waals surface area contributed by atoms with Gasteiger partial charge < -0.3 is 10.2 Å². The minimum Gasteiger partial charge on any atom is -0.507 e. The van der Waals surface area contributed by atoms with Gasteiger partial charge in [-0.05, 0) is 24.3 Å². The number of rotatable bonds is 4. The maximum absolute atomic E-state index is 12.2. The van der Waals surface area contributed by atoms with Crippen molar-refractivity contribution >= 4 is 23.3 Å². The second kappa shape index (κ2) is 5.48. The number of carbonyl (C=O) groups excluding carboxylic acids is 2. The molecule has 0 aliphatic heterocycles. The van der Waals surface area contributed by atoms with E-state index >= 15 is 0 Å². The predicted molar refractivity (Wildman–Crippen MR) is 73.9 cm³/mol. The van der Waals surface area contributed by atoms with E-state index in [-0.39, 0.29) is 22.6 Å². The van der Waals surface area contributed by atoms with E-state index in [4.69, 9.17) is 0 Å². The molecule has 0 saturated heterocycles. The maximum Gasteiger partial charge on any atom is 0.204 e. The molecule has 0 radical (unpaired) electrons. The van der Waals surface area contributed by atoms with Gasteiger partial charge in [-0.2, -0.15) is 0 Å². The fraction of sp³-hybridized carbons (Fsp3) is 0.286. The summed E-state index contributed by atoms with van der Waals surface area (Å²) >= 11 is 1.31. The third-order valence-electron chi connectivity index (χ3n) is 2.88. The zero-order valence-corrected chi connectivity index (χ0v) is 11.3. The number of carbonyl (C=O) groups is 2. The molecule has 0 amide bonds. The van der Waals surface area contributed by atoms with Crippen molar-refractivity contribution in [3.05, 3.63) is 34.2 Å². The number of hydrogen-bond acceptors (Lipinski definition) is 5. The Labute approximate surface area is 115 Å². The number of hydrogen-bond donors (Lipinski definition) is 2. The quantitative estimate of drug-likeness (QED) is 0.654. The van der Waals surface area contributed by atoms with E-state index in [1.54, 1.807) is 0 Å². The van der Waals surface area contributed by atoms with Gasteiger partial charge in [0.15, 0.2) is 5.78 Å². The van der Waals surface area contributed by atoms with Gasteiger partial charge in [0.1, 0.15) is 11.5 Å². The van der Waals surface area contributed by atoms with E-state index in [1.165, 1.54) is 30.0 Å². The summed E-state index contributed by atoms with van der Waals surface area (Å²) in [5.74, 6) is -0.644. The lowest BCUT2D eigenvalue weighted by molar-refractivity contribution is 0.0986. The molecule has 0 bridgehead atoms. The first-order valence-corrected chi connectivity index (χ1v) is 7.03. The molecular weight excluding hydrogens is 264 g/mol. The maximum atomic E-state index is 12.2. The van der Waals surface area contributed by atoms with Gasteiger partial charge in [0, 0.05) is 6.08 Å². The van der Waals surface area contributed by atoms with Crippen molar-refractivity contribution in [3.63, 3.8) is 0 Å². The molecule has 1 aliphatic rings. The summed E-state index contributed by atoms with van der Waals surface area (Å²) in [6.45, 7) is 2.04. The summed E-state index contributed by atoms with van der Waals surface area (Å²) in [5.41, 5.74) is -0.198. The normalized spacial score (nSPS) is 14.3. The van der Waals surface area contributed by atoms with Crippen LogP contribution in [0.1, 0.15) is 40.5 Å². The second-order valence-electron chi connectivity index (χ2n) is 4.26. The Morgan fingerprint density at radius 1 is 1.11 bits per heavy atom. The Morgan fingerprint density at radius 3 is 2.37 bits per heavy atom. The molecule has 0 spiro atoms. The molecule has 100 valence electrons. The van der Waals surface area contributed by atoms with Crippen LogP contribution in [0, 0.1) is 0 Å². The Bertz CT molecular complexity index is 575. The van der Waals surface area contributed by atoms with Crippen molar-refractivity contribution < 1.29 is 19.8 Å². The summed E-state index contributed by atoms with van der Waals surface area (Å²) in [6, 6.07) is 2.43. The van der Waals surface area contributed by atoms with Gasteiger partial charge in [-0.1, -0.05) is 13.3 Å². The monoisotopic (exact) mass is 278 g/mol. The molecule has 4 nitrogen and oxygen atoms in total. The van der Waals surface area contributed by atoms with Crippen LogP contribution < -0.4 is 0 Å². The van der Waals surface area contributed by atoms with Gasteiger partial charge in [-0.25, -0.2) is 0 Å². The molecule has 0 saturated carbocycles. The van der Waals surface area contributed by atoms with Gasteiger partial charge in [-0.15, -0.1) is 11.8 Å². The topological polar surface area (TPSA) is 74.6 Å². The van der Waals surface area contributed by atoms with E-state index in [0.717, 1.165) is 18.6 Å². The highest BCUT2D eigenvalue weighted by Gasteiger charge is 2.30. The number of phenols is 2. The minimum atomic E-state index is -0.443. The fourth-order valence-electron chi connectivity index (χ4n) is 1.87. The lowest BCUT2D eigenvalue weighted by atomic mass is 9.93. The van der Waals surface area contributed by atoms with Crippen molar-refractivity contribution in [1.29, 1.82) is 0 Å². The lowest BCUT2D eigenvalue weighted by Crippen LogP contribution is -2.16. The van der Waals surface area contributed by atoms with Crippen molar-refractivity contribution in [3.8, 4) is 11.5 Å². The van der Waals surface area contributed by atoms with E-state index in [2.05, 4.69) is 0 Å². The van der Waals surface area contributed by atoms with Crippen molar-refractivity contribution in [2.75, 3.05) is 5.75 Å². The van der Waals surface area contributed by atoms with Gasteiger partial charge in [0.05, 0.1) is 16.0 Å². The number of benzene rings is 1. The summed E-state index contributed by atoms with van der Waals surface area (Å²) in [5, 5.41) is 19.4. The van der Waals surface area contributed by atoms with Crippen LogP contribution >= 0.6 is 11.8 Å². The average Bonchev–Trinajstić information content (AvgIpc) is 2.38. The summed E-state index contributed by atoms with van der Waals surface area (Å²) in [6.07, 6.45) is 3.19. The first-order chi connectivity index (χ1) is 9.06. The van der Waals surface area contributed by atoms with E-state index in [9.17, 15) is 19.8 Å². The third-order valence-corrected chi connectivity index (χ3v) is 3.98. The largest absolute Gasteiger partial charge is 0.507 e. The van der Waals surface area contributed by atoms with Crippen LogP contribution in [0.4, 0.5) is 0 Å². The van der Waals surface area contributed by atoms with Crippen LogP contribution in [0.15, 0.2) is 23.1 Å². The molecule has 19 heavy (non-hydrogen) atoms. The van der Waals surface area contributed by atoms with Gasteiger partial charge >= 0.3 is 0 Å². The van der Waals surface area contributed by atoms with Crippen LogP contribution in [0.5, 0.6) is 11.5 Å². The highest BCUT2D eigenvalue weighted by atomic mass is 32.2. The van der Waals surface area contributed by atoms with Crippen LogP contribution in [-0.4, -0.2) is 27.5 Å². The number of ketones is 2. The minimum absolute atomic E-state index is 0.0912. The van der Waals surface area contributed by atoms with Gasteiger partial charge in [0.25, 0.3) is 0 Å². The summed E-state index contributed by atoms with van der Waals surface area (Å²) < 4.78 is 0. The van der Waals surface area contributed by atoms with E-state index in [1.807, 2.05) is 6.92 Å². The molecule has 1 aromatic rings. The van der Waals surface area contributed by atoms with Crippen molar-refractivity contribution in [1.82, 2.24) is 0 Å². The van der Waals surface area contributed by atoms with E-state index < -0.39 is 11.6 Å². The molecule has 5 heteroatoms. The molecular formula is C14H14O4S. The van der Waals surface area contributed by atoms with Crippen molar-refractivity contribution in [2.24, 2.45) is 0 Å². The number of aromatic hydroxyl groups is 2. The summed E-state index contributed by atoms with van der Waals surface area (Å²) in [7, 11) is 0. The molecule has 0 atom stereocenters. The van der Waals surface area contributed by atoms with Gasteiger partial charge in [-0.3, -0.25) is 9.59 Å². The van der Waals surface area contributed by atoms with Crippen LogP contribution in [0.3, 0.4) is 0 Å². The Kier molecular flexibility index (Phi) is 3.95. The number of phenolic OH excluding ortho intramolecular Hbond substituents is 2. The second-order valence-corrected chi connectivity index (χ2v) is 5.39. The molecule has 1 aromatic carbocycles. The predicted octanol–water partition coefficient (Wildman–Crippen LogP) is 2.89. The Balaban J connectivity index is 2.39. The first kappa shape index (κ1) is 13.7. The molecule has 0 unspecified atom stereocenters. The number of fused-ring (bicyclic) bond motifs is 1. The highest BCUT2D eigenvalue weighted by Crippen LogP contribution is 2.37. The molecule has 0 heterocycles. The Morgan fingerprint density at radius 2 is 1.74 bits per heavy atom. The van der Waals surface area contributed by atoms with E-state index in [0.29, 0.717) is 4.91 Å². The van der Waals surface area contributed by atoms with Crippen LogP contribution in [-0.2, 0) is 0 Å². The number of unbranched alkanes of at least 4 members (excludes halogenated alkanes) is 1. The Hall–Kier alpha value is -1.75. The molecule has 0 fully saturated rings. The van der Waals surface area contributed by atoms with Crippen molar-refractivity contribution in [2.45, 2.75) is 19.8 Å². The average molecular weight is 278 g/mol. The molecule has 2 rings (SSSR count). The third kappa shape index (κ3) is 2.51. The number of Topliss-reactive ketones (excluding diaryl/α,β-unsaturated/α-hetero) is 1. The number of thioether (sulfide) groups is 1. The molecule has 1 aliphatic carbocycles. The molecule has 0 aromatic heterocycles. The zero-order valence-electron chi connectivity index (χ0n) is 10.5. The van der Waals surface area contributed by atoms with Crippen LogP contribution in [0.2, 0.25) is 0 Å². The first-order valence-electron chi connectivity index (χ1n) is 6.04. The number of allylic oxidation sites excluding steroid dienone is 2. The zero-order chi connectivity index (χ0) is 14.0. The highest BCUT2D eigenvalue weighted by molar-refractivity contribution is 8.04. The van der Waals surface area contributed by atoms with Gasteiger partial charge in [0.2, 0.25) is 5.78 Å².